The van der Waals surface area contributed by atoms with Crippen LogP contribution in [0.2, 0.25) is 0 Å². The topological polar surface area (TPSA) is 69.4 Å². The van der Waals surface area contributed by atoms with Crippen molar-refractivity contribution < 1.29 is 14.3 Å². The molecule has 0 unspecified atom stereocenters. The maximum Gasteiger partial charge on any atom is 0.306 e. The van der Waals surface area contributed by atoms with E-state index < -0.39 is 0 Å². The summed E-state index contributed by atoms with van der Waals surface area (Å²) in [7, 11) is 0. The van der Waals surface area contributed by atoms with Crippen LogP contribution in [0.1, 0.15) is 72.1 Å². The van der Waals surface area contributed by atoms with E-state index in [1.165, 1.54) is 19.3 Å². The molecule has 0 bridgehead atoms. The average molecular weight is 285 g/mol. The van der Waals surface area contributed by atoms with E-state index in [9.17, 15) is 9.59 Å². The summed E-state index contributed by atoms with van der Waals surface area (Å²) in [6, 6.07) is 0. The molecule has 0 aromatic rings. The molecule has 0 aliphatic heterocycles. The number of carbonyl (C=O) groups excluding carboxylic acids is 2. The number of nitrogens with two attached hydrogens (primary N) is 1. The van der Waals surface area contributed by atoms with Crippen LogP contribution in [0.5, 0.6) is 0 Å². The molecule has 0 saturated heterocycles. The Hall–Kier alpha value is -1.06. The maximum atomic E-state index is 11.7. The highest BCUT2D eigenvalue weighted by Crippen LogP contribution is 2.19. The van der Waals surface area contributed by atoms with Gasteiger partial charge in [-0.15, -0.1) is 0 Å². The van der Waals surface area contributed by atoms with E-state index in [0.717, 1.165) is 19.3 Å². The van der Waals surface area contributed by atoms with E-state index in [4.69, 9.17) is 10.5 Å². The Labute approximate surface area is 123 Å². The van der Waals surface area contributed by atoms with Gasteiger partial charge in [-0.1, -0.05) is 46.5 Å². The third-order valence-corrected chi connectivity index (χ3v) is 3.26. The molecular weight excluding hydrogens is 254 g/mol. The number of amides is 1. The summed E-state index contributed by atoms with van der Waals surface area (Å²) in [5.74, 6) is -0.0864. The predicted octanol–water partition coefficient (Wildman–Crippen LogP) is 3.43. The summed E-state index contributed by atoms with van der Waals surface area (Å²) in [5, 5.41) is 0. The molecule has 20 heavy (non-hydrogen) atoms. The molecule has 0 saturated carbocycles. The van der Waals surface area contributed by atoms with Gasteiger partial charge in [-0.25, -0.2) is 0 Å². The first-order valence-electron chi connectivity index (χ1n) is 7.89. The third kappa shape index (κ3) is 12.0. The van der Waals surface area contributed by atoms with Crippen LogP contribution in [0.4, 0.5) is 0 Å². The first kappa shape index (κ1) is 18.9. The van der Waals surface area contributed by atoms with Crippen LogP contribution >= 0.6 is 0 Å². The van der Waals surface area contributed by atoms with Crippen LogP contribution in [-0.2, 0) is 14.3 Å². The van der Waals surface area contributed by atoms with Crippen molar-refractivity contribution in [2.24, 2.45) is 17.6 Å². The second-order valence-electron chi connectivity index (χ2n) is 6.00. The van der Waals surface area contributed by atoms with Crippen molar-refractivity contribution in [2.75, 3.05) is 6.61 Å². The SMILES string of the molecule is CCCCCCCOC(=O)C[C@H](CC(N)=O)CC(C)C. The van der Waals surface area contributed by atoms with Gasteiger partial charge in [0.2, 0.25) is 5.91 Å². The molecule has 1 atom stereocenters. The molecular formula is C16H31NO3. The molecule has 0 fully saturated rings. The van der Waals surface area contributed by atoms with E-state index in [2.05, 4.69) is 20.8 Å². The van der Waals surface area contributed by atoms with E-state index in [-0.39, 0.29) is 24.2 Å². The number of primary amides is 1. The van der Waals surface area contributed by atoms with Gasteiger partial charge in [-0.05, 0) is 24.7 Å². The molecule has 1 amide bonds. The van der Waals surface area contributed by atoms with Crippen molar-refractivity contribution in [3.05, 3.63) is 0 Å². The smallest absolute Gasteiger partial charge is 0.306 e. The summed E-state index contributed by atoms with van der Waals surface area (Å²) in [6.07, 6.45) is 7.08. The van der Waals surface area contributed by atoms with Gasteiger partial charge >= 0.3 is 5.97 Å². The molecule has 0 aliphatic rings. The summed E-state index contributed by atoms with van der Waals surface area (Å²) in [4.78, 5) is 22.7. The number of unbranched alkanes of at least 4 members (excludes halogenated alkanes) is 4. The highest BCUT2D eigenvalue weighted by Gasteiger charge is 2.18. The van der Waals surface area contributed by atoms with Crippen LogP contribution in [0.3, 0.4) is 0 Å². The van der Waals surface area contributed by atoms with E-state index in [1.54, 1.807) is 0 Å². The quantitative estimate of drug-likeness (QED) is 0.441. The Bertz CT molecular complexity index is 277. The van der Waals surface area contributed by atoms with Crippen molar-refractivity contribution in [1.29, 1.82) is 0 Å². The van der Waals surface area contributed by atoms with Gasteiger partial charge in [0.25, 0.3) is 0 Å². The number of esters is 1. The highest BCUT2D eigenvalue weighted by molar-refractivity contribution is 5.75. The van der Waals surface area contributed by atoms with Crippen LogP contribution in [-0.4, -0.2) is 18.5 Å². The molecule has 0 heterocycles. The first-order valence-corrected chi connectivity index (χ1v) is 7.89. The van der Waals surface area contributed by atoms with Crippen LogP contribution in [0.25, 0.3) is 0 Å². The largest absolute Gasteiger partial charge is 0.466 e. The van der Waals surface area contributed by atoms with Gasteiger partial charge in [0, 0.05) is 12.8 Å². The Balaban J connectivity index is 3.85. The fourth-order valence-electron chi connectivity index (χ4n) is 2.38. The maximum absolute atomic E-state index is 11.7. The standard InChI is InChI=1S/C16H31NO3/c1-4-5-6-7-8-9-20-16(19)12-14(10-13(2)3)11-15(17)18/h13-14H,4-12H2,1-3H3,(H2,17,18)/t14-/m0/s1. The second-order valence-corrected chi connectivity index (χ2v) is 6.00. The number of hydrogen-bond acceptors (Lipinski definition) is 3. The number of ether oxygens (including phenoxy) is 1. The summed E-state index contributed by atoms with van der Waals surface area (Å²) >= 11 is 0. The van der Waals surface area contributed by atoms with Gasteiger partial charge < -0.3 is 10.5 Å². The molecule has 2 N–H and O–H groups in total. The zero-order valence-corrected chi connectivity index (χ0v) is 13.3. The normalized spacial score (nSPS) is 12.4. The Morgan fingerprint density at radius 3 is 2.25 bits per heavy atom. The van der Waals surface area contributed by atoms with Gasteiger partial charge in [0.1, 0.15) is 0 Å². The van der Waals surface area contributed by atoms with Crippen molar-refractivity contribution in [3.8, 4) is 0 Å². The summed E-state index contributed by atoms with van der Waals surface area (Å²) in [6.45, 7) is 6.82. The minimum absolute atomic E-state index is 0.0140. The number of rotatable bonds is 12. The van der Waals surface area contributed by atoms with Crippen LogP contribution in [0.15, 0.2) is 0 Å². The van der Waals surface area contributed by atoms with E-state index >= 15 is 0 Å². The third-order valence-electron chi connectivity index (χ3n) is 3.26. The lowest BCUT2D eigenvalue weighted by molar-refractivity contribution is -0.145. The molecule has 0 spiro atoms. The molecule has 4 heteroatoms. The number of carbonyl (C=O) groups is 2. The van der Waals surface area contributed by atoms with Crippen molar-refractivity contribution >= 4 is 11.9 Å². The molecule has 0 rings (SSSR count). The van der Waals surface area contributed by atoms with Crippen LogP contribution < -0.4 is 5.73 Å². The number of hydrogen-bond donors (Lipinski definition) is 1. The molecule has 0 aliphatic carbocycles. The van der Waals surface area contributed by atoms with E-state index in [1.807, 2.05) is 0 Å². The lowest BCUT2D eigenvalue weighted by Gasteiger charge is -2.16. The minimum Gasteiger partial charge on any atom is -0.466 e. The predicted molar refractivity (Wildman–Crippen MR) is 81.1 cm³/mol. The van der Waals surface area contributed by atoms with Gasteiger partial charge in [-0.2, -0.15) is 0 Å². The minimum atomic E-state index is -0.344. The van der Waals surface area contributed by atoms with Crippen molar-refractivity contribution in [1.82, 2.24) is 0 Å². The molecule has 0 aromatic carbocycles. The summed E-state index contributed by atoms with van der Waals surface area (Å²) in [5.41, 5.74) is 5.22. The van der Waals surface area contributed by atoms with Gasteiger partial charge in [0.15, 0.2) is 0 Å². The van der Waals surface area contributed by atoms with E-state index in [0.29, 0.717) is 18.9 Å². The first-order chi connectivity index (χ1) is 9.45. The lowest BCUT2D eigenvalue weighted by atomic mass is 9.91. The molecule has 0 aromatic heterocycles. The fourth-order valence-corrected chi connectivity index (χ4v) is 2.38. The Kier molecular flexibility index (Phi) is 11.1. The van der Waals surface area contributed by atoms with Gasteiger partial charge in [-0.3, -0.25) is 9.59 Å². The van der Waals surface area contributed by atoms with Crippen molar-refractivity contribution in [2.45, 2.75) is 72.1 Å². The zero-order valence-electron chi connectivity index (χ0n) is 13.3. The van der Waals surface area contributed by atoms with Crippen LogP contribution in [0, 0.1) is 11.8 Å². The average Bonchev–Trinajstić information content (AvgIpc) is 2.31. The monoisotopic (exact) mass is 285 g/mol. The second kappa shape index (κ2) is 11.7. The molecule has 0 radical (unpaired) electrons. The lowest BCUT2D eigenvalue weighted by Crippen LogP contribution is -2.21. The molecule has 118 valence electrons. The Morgan fingerprint density at radius 1 is 1.05 bits per heavy atom. The fraction of sp³-hybridized carbons (Fsp3) is 0.875. The van der Waals surface area contributed by atoms with Gasteiger partial charge in [0.05, 0.1) is 6.61 Å². The molecule has 4 nitrogen and oxygen atoms in total. The highest BCUT2D eigenvalue weighted by atomic mass is 16.5. The Morgan fingerprint density at radius 2 is 1.70 bits per heavy atom. The summed E-state index contributed by atoms with van der Waals surface area (Å²) < 4.78 is 5.22. The van der Waals surface area contributed by atoms with Crippen molar-refractivity contribution in [3.63, 3.8) is 0 Å². The zero-order chi connectivity index (χ0) is 15.4.